The molecule has 1 aromatic rings. The van der Waals surface area contributed by atoms with Gasteiger partial charge >= 0.3 is 0 Å². The van der Waals surface area contributed by atoms with Gasteiger partial charge in [-0.15, -0.1) is 11.6 Å². The molecule has 0 aliphatic heterocycles. The number of carbonyl (C=O) groups excluding carboxylic acids is 1. The van der Waals surface area contributed by atoms with Crippen molar-refractivity contribution < 1.29 is 9.53 Å². The third-order valence-electron chi connectivity index (χ3n) is 3.34. The van der Waals surface area contributed by atoms with E-state index >= 15 is 0 Å². The normalized spacial score (nSPS) is 11.2. The highest BCUT2D eigenvalue weighted by atomic mass is 35.5. The van der Waals surface area contributed by atoms with E-state index in [1.807, 2.05) is 24.3 Å². The van der Waals surface area contributed by atoms with Gasteiger partial charge in [0.25, 0.3) is 0 Å². The summed E-state index contributed by atoms with van der Waals surface area (Å²) in [5.41, 5.74) is 1.19. The van der Waals surface area contributed by atoms with Crippen LogP contribution in [0.3, 0.4) is 0 Å². The number of hydrogen-bond donors (Lipinski definition) is 1. The van der Waals surface area contributed by atoms with E-state index in [-0.39, 0.29) is 11.3 Å². The number of carbonyl (C=O) groups is 1. The number of rotatable bonds is 8. The van der Waals surface area contributed by atoms with E-state index in [1.54, 1.807) is 7.11 Å². The Labute approximate surface area is 126 Å². The minimum Gasteiger partial charge on any atom is -0.497 e. The molecule has 0 aromatic heterocycles. The van der Waals surface area contributed by atoms with E-state index in [2.05, 4.69) is 19.2 Å². The van der Waals surface area contributed by atoms with Gasteiger partial charge in [0.1, 0.15) is 5.75 Å². The number of nitrogens with one attached hydrogen (secondary N) is 1. The number of amides is 1. The first-order valence-corrected chi connectivity index (χ1v) is 7.46. The lowest BCUT2D eigenvalue weighted by Gasteiger charge is -2.23. The van der Waals surface area contributed by atoms with Crippen molar-refractivity contribution >= 4 is 17.5 Å². The Morgan fingerprint density at radius 2 is 1.95 bits per heavy atom. The van der Waals surface area contributed by atoms with Crippen LogP contribution in [0.25, 0.3) is 0 Å². The highest BCUT2D eigenvalue weighted by Gasteiger charge is 2.17. The second kappa shape index (κ2) is 8.15. The van der Waals surface area contributed by atoms with Crippen molar-refractivity contribution in [1.29, 1.82) is 0 Å². The lowest BCUT2D eigenvalue weighted by molar-refractivity contribution is -0.121. The fourth-order valence-electron chi connectivity index (χ4n) is 1.82. The molecule has 4 heteroatoms. The standard InChI is InChI=1S/C16H24ClNO2/c1-16(2,10-11-17)12-18-15(19)9-6-13-4-7-14(20-3)8-5-13/h4-5,7-8H,6,9-12H2,1-3H3,(H,18,19). The van der Waals surface area contributed by atoms with Crippen LogP contribution < -0.4 is 10.1 Å². The van der Waals surface area contributed by atoms with Gasteiger partial charge < -0.3 is 10.1 Å². The lowest BCUT2D eigenvalue weighted by atomic mass is 9.90. The monoisotopic (exact) mass is 297 g/mol. The molecule has 0 aliphatic rings. The summed E-state index contributed by atoms with van der Waals surface area (Å²) >= 11 is 5.74. The molecule has 20 heavy (non-hydrogen) atoms. The zero-order valence-corrected chi connectivity index (χ0v) is 13.3. The van der Waals surface area contributed by atoms with Crippen molar-refractivity contribution in [2.24, 2.45) is 5.41 Å². The number of methoxy groups -OCH3 is 1. The average molecular weight is 298 g/mol. The minimum absolute atomic E-state index is 0.0531. The summed E-state index contributed by atoms with van der Waals surface area (Å²) < 4.78 is 5.10. The predicted molar refractivity (Wildman–Crippen MR) is 83.4 cm³/mol. The van der Waals surface area contributed by atoms with Crippen LogP contribution in [-0.4, -0.2) is 25.4 Å². The quantitative estimate of drug-likeness (QED) is 0.747. The van der Waals surface area contributed by atoms with E-state index in [1.165, 1.54) is 0 Å². The zero-order chi connectivity index (χ0) is 15.0. The van der Waals surface area contributed by atoms with Crippen molar-refractivity contribution in [3.63, 3.8) is 0 Å². The number of aryl methyl sites for hydroxylation is 1. The largest absolute Gasteiger partial charge is 0.497 e. The molecule has 0 saturated heterocycles. The number of ether oxygens (including phenoxy) is 1. The van der Waals surface area contributed by atoms with Crippen LogP contribution in [0, 0.1) is 5.41 Å². The summed E-state index contributed by atoms with van der Waals surface area (Å²) in [5.74, 6) is 1.54. The summed E-state index contributed by atoms with van der Waals surface area (Å²) in [7, 11) is 1.64. The Bertz CT molecular complexity index is 415. The van der Waals surface area contributed by atoms with Gasteiger partial charge in [-0.2, -0.15) is 0 Å². The number of alkyl halides is 1. The smallest absolute Gasteiger partial charge is 0.220 e. The maximum atomic E-state index is 11.8. The number of hydrogen-bond acceptors (Lipinski definition) is 2. The summed E-state index contributed by atoms with van der Waals surface area (Å²) in [6.45, 7) is 4.89. The highest BCUT2D eigenvalue weighted by Crippen LogP contribution is 2.19. The van der Waals surface area contributed by atoms with Gasteiger partial charge in [0.05, 0.1) is 7.11 Å². The molecule has 0 saturated carbocycles. The topological polar surface area (TPSA) is 38.3 Å². The first-order chi connectivity index (χ1) is 9.46. The summed E-state index contributed by atoms with van der Waals surface area (Å²) in [6.07, 6.45) is 2.14. The van der Waals surface area contributed by atoms with E-state index in [0.29, 0.717) is 18.8 Å². The second-order valence-corrected chi connectivity index (χ2v) is 6.11. The molecule has 1 aromatic carbocycles. The summed E-state index contributed by atoms with van der Waals surface area (Å²) in [5, 5.41) is 2.98. The first-order valence-electron chi connectivity index (χ1n) is 6.92. The van der Waals surface area contributed by atoms with Crippen molar-refractivity contribution in [2.45, 2.75) is 33.1 Å². The molecule has 0 bridgehead atoms. The maximum absolute atomic E-state index is 11.8. The summed E-state index contributed by atoms with van der Waals surface area (Å²) in [4.78, 5) is 11.8. The Morgan fingerprint density at radius 3 is 2.50 bits per heavy atom. The fourth-order valence-corrected chi connectivity index (χ4v) is 2.33. The van der Waals surface area contributed by atoms with Gasteiger partial charge in [-0.25, -0.2) is 0 Å². The summed E-state index contributed by atoms with van der Waals surface area (Å²) in [6, 6.07) is 7.81. The van der Waals surface area contributed by atoms with Gasteiger partial charge in [-0.05, 0) is 36.0 Å². The molecule has 0 spiro atoms. The molecule has 0 atom stereocenters. The molecule has 0 aliphatic carbocycles. The molecule has 0 heterocycles. The highest BCUT2D eigenvalue weighted by molar-refractivity contribution is 6.17. The first kappa shape index (κ1) is 16.8. The van der Waals surface area contributed by atoms with Gasteiger partial charge in [0.2, 0.25) is 5.91 Å². The molecule has 3 nitrogen and oxygen atoms in total. The van der Waals surface area contributed by atoms with Gasteiger partial charge in [-0.1, -0.05) is 26.0 Å². The maximum Gasteiger partial charge on any atom is 0.220 e. The molecule has 0 radical (unpaired) electrons. The molecule has 112 valence electrons. The number of benzene rings is 1. The Morgan fingerprint density at radius 1 is 1.30 bits per heavy atom. The van der Waals surface area contributed by atoms with Crippen LogP contribution in [-0.2, 0) is 11.2 Å². The Kier molecular flexibility index (Phi) is 6.86. The molecule has 1 amide bonds. The third-order valence-corrected chi connectivity index (χ3v) is 3.52. The molecular formula is C16H24ClNO2. The lowest BCUT2D eigenvalue weighted by Crippen LogP contribution is -2.34. The van der Waals surface area contributed by atoms with E-state index in [4.69, 9.17) is 16.3 Å². The predicted octanol–water partition coefficient (Wildman–Crippen LogP) is 3.40. The van der Waals surface area contributed by atoms with E-state index in [0.717, 1.165) is 24.2 Å². The molecule has 1 N–H and O–H groups in total. The van der Waals surface area contributed by atoms with Crippen molar-refractivity contribution in [1.82, 2.24) is 5.32 Å². The Balaban J connectivity index is 2.32. The fraction of sp³-hybridized carbons (Fsp3) is 0.562. The van der Waals surface area contributed by atoms with Gasteiger partial charge in [-0.3, -0.25) is 4.79 Å². The minimum atomic E-state index is 0.0531. The van der Waals surface area contributed by atoms with Crippen molar-refractivity contribution in [3.8, 4) is 5.75 Å². The van der Waals surface area contributed by atoms with E-state index < -0.39 is 0 Å². The molecular weight excluding hydrogens is 274 g/mol. The van der Waals surface area contributed by atoms with Crippen molar-refractivity contribution in [3.05, 3.63) is 29.8 Å². The third kappa shape index (κ3) is 6.29. The van der Waals surface area contributed by atoms with Crippen LogP contribution in [0.4, 0.5) is 0 Å². The van der Waals surface area contributed by atoms with Crippen LogP contribution in [0.5, 0.6) is 5.75 Å². The molecule has 1 rings (SSSR count). The van der Waals surface area contributed by atoms with Gasteiger partial charge in [0, 0.05) is 18.8 Å². The van der Waals surface area contributed by atoms with Crippen LogP contribution in [0.15, 0.2) is 24.3 Å². The molecule has 0 unspecified atom stereocenters. The van der Waals surface area contributed by atoms with Crippen LogP contribution in [0.2, 0.25) is 0 Å². The second-order valence-electron chi connectivity index (χ2n) is 5.73. The van der Waals surface area contributed by atoms with E-state index in [9.17, 15) is 4.79 Å². The van der Waals surface area contributed by atoms with Crippen LogP contribution >= 0.6 is 11.6 Å². The Hall–Kier alpha value is -1.22. The van der Waals surface area contributed by atoms with Crippen LogP contribution in [0.1, 0.15) is 32.3 Å². The van der Waals surface area contributed by atoms with Crippen molar-refractivity contribution in [2.75, 3.05) is 19.5 Å². The number of halogens is 1. The zero-order valence-electron chi connectivity index (χ0n) is 12.5. The average Bonchev–Trinajstić information content (AvgIpc) is 2.43. The van der Waals surface area contributed by atoms with Gasteiger partial charge in [0.15, 0.2) is 0 Å². The molecule has 0 fully saturated rings. The SMILES string of the molecule is COc1ccc(CCC(=O)NCC(C)(C)CCCl)cc1.